The van der Waals surface area contributed by atoms with Gasteiger partial charge in [-0.1, -0.05) is 36.4 Å². The van der Waals surface area contributed by atoms with E-state index in [0.29, 0.717) is 12.0 Å². The first-order chi connectivity index (χ1) is 11.7. The van der Waals surface area contributed by atoms with Crippen molar-refractivity contribution < 1.29 is 14.0 Å². The molecule has 1 aliphatic rings. The number of fused-ring (bicyclic) bond motifs is 2. The number of amides is 2. The van der Waals surface area contributed by atoms with Crippen molar-refractivity contribution in [3.63, 3.8) is 0 Å². The Labute approximate surface area is 138 Å². The maximum atomic E-state index is 13.1. The summed E-state index contributed by atoms with van der Waals surface area (Å²) in [6.07, 6.45) is 0.502. The van der Waals surface area contributed by atoms with Gasteiger partial charge in [0.1, 0.15) is 11.6 Å². The van der Waals surface area contributed by atoms with E-state index in [1.807, 2.05) is 48.5 Å². The molecule has 1 aromatic heterocycles. The van der Waals surface area contributed by atoms with Gasteiger partial charge in [0.25, 0.3) is 5.91 Å². The Bertz CT molecular complexity index is 911. The average Bonchev–Trinajstić information content (AvgIpc) is 3.21. The van der Waals surface area contributed by atoms with E-state index in [0.717, 1.165) is 16.6 Å². The smallest absolute Gasteiger partial charge is 0.294 e. The number of hydrogen-bond donors (Lipinski definition) is 1. The normalized spacial score (nSPS) is 16.2. The fourth-order valence-electron chi connectivity index (χ4n) is 3.22. The first-order valence-corrected chi connectivity index (χ1v) is 7.80. The number of carbonyl (C=O) groups excluding carboxylic acids is 2. The topological polar surface area (TPSA) is 62.6 Å². The second-order valence-electron chi connectivity index (χ2n) is 5.79. The summed E-state index contributed by atoms with van der Waals surface area (Å²) in [4.78, 5) is 26.9. The molecule has 24 heavy (non-hydrogen) atoms. The monoisotopic (exact) mass is 320 g/mol. The lowest BCUT2D eigenvalue weighted by atomic mass is 10.1. The highest BCUT2D eigenvalue weighted by Gasteiger charge is 2.39. The second kappa shape index (κ2) is 5.53. The van der Waals surface area contributed by atoms with Gasteiger partial charge in [0.15, 0.2) is 5.76 Å². The third kappa shape index (κ3) is 2.17. The molecule has 0 bridgehead atoms. The molecule has 5 heteroatoms. The number of hydrogen-bond acceptors (Lipinski definition) is 3. The van der Waals surface area contributed by atoms with Crippen molar-refractivity contribution in [1.29, 1.82) is 0 Å². The van der Waals surface area contributed by atoms with Crippen LogP contribution in [-0.4, -0.2) is 24.9 Å². The number of carbonyl (C=O) groups is 2. The third-order valence-electron chi connectivity index (χ3n) is 4.38. The molecular weight excluding hydrogens is 304 g/mol. The molecule has 0 unspecified atom stereocenters. The van der Waals surface area contributed by atoms with Crippen LogP contribution in [0.4, 0.5) is 5.69 Å². The predicted octanol–water partition coefficient (Wildman–Crippen LogP) is 2.75. The minimum absolute atomic E-state index is 0.185. The summed E-state index contributed by atoms with van der Waals surface area (Å²) in [5, 5.41) is 3.51. The van der Waals surface area contributed by atoms with Gasteiger partial charge in [-0.15, -0.1) is 0 Å². The standard InChI is InChI=1S/C19H16N2O3/c1-20-18(22)15-10-12-6-2-4-8-14(12)21(15)19(23)17-11-13-7-3-5-9-16(13)24-17/h2-9,11,15H,10H2,1H3,(H,20,22)/t15-/m1/s1. The fraction of sp³-hybridized carbons (Fsp3) is 0.158. The number of furan rings is 1. The van der Waals surface area contributed by atoms with Gasteiger partial charge in [-0.05, 0) is 23.8 Å². The summed E-state index contributed by atoms with van der Waals surface area (Å²) in [5.74, 6) is -0.248. The zero-order valence-corrected chi connectivity index (χ0v) is 13.2. The van der Waals surface area contributed by atoms with Gasteiger partial charge in [-0.3, -0.25) is 14.5 Å². The van der Waals surface area contributed by atoms with Gasteiger partial charge >= 0.3 is 0 Å². The Morgan fingerprint density at radius 2 is 1.88 bits per heavy atom. The van der Waals surface area contributed by atoms with Gasteiger partial charge in [-0.2, -0.15) is 0 Å². The largest absolute Gasteiger partial charge is 0.451 e. The summed E-state index contributed by atoms with van der Waals surface area (Å²) in [5.41, 5.74) is 2.40. The number of rotatable bonds is 2. The van der Waals surface area contributed by atoms with Crippen LogP contribution in [0.1, 0.15) is 16.1 Å². The third-order valence-corrected chi connectivity index (χ3v) is 4.38. The minimum atomic E-state index is -0.562. The maximum Gasteiger partial charge on any atom is 0.294 e. The second-order valence-corrected chi connectivity index (χ2v) is 5.79. The number of nitrogens with one attached hydrogen (secondary N) is 1. The van der Waals surface area contributed by atoms with Gasteiger partial charge in [0.2, 0.25) is 5.91 Å². The number of anilines is 1. The van der Waals surface area contributed by atoms with E-state index in [2.05, 4.69) is 5.32 Å². The maximum absolute atomic E-state index is 13.1. The Kier molecular flexibility index (Phi) is 3.34. The first kappa shape index (κ1) is 14.5. The zero-order chi connectivity index (χ0) is 16.7. The van der Waals surface area contributed by atoms with Crippen molar-refractivity contribution in [3.8, 4) is 0 Å². The van der Waals surface area contributed by atoms with Crippen molar-refractivity contribution in [2.45, 2.75) is 12.5 Å². The van der Waals surface area contributed by atoms with Gasteiger partial charge < -0.3 is 9.73 Å². The van der Waals surface area contributed by atoms with Crippen molar-refractivity contribution >= 4 is 28.5 Å². The number of benzene rings is 2. The van der Waals surface area contributed by atoms with Crippen LogP contribution in [-0.2, 0) is 11.2 Å². The Balaban J connectivity index is 1.79. The Morgan fingerprint density at radius 3 is 2.67 bits per heavy atom. The van der Waals surface area contributed by atoms with Crippen LogP contribution < -0.4 is 10.2 Å². The summed E-state index contributed by atoms with van der Waals surface area (Å²) in [6.45, 7) is 0. The fourth-order valence-corrected chi connectivity index (χ4v) is 3.22. The Morgan fingerprint density at radius 1 is 1.12 bits per heavy atom. The molecule has 1 aliphatic heterocycles. The van der Waals surface area contributed by atoms with Crippen LogP contribution in [0.3, 0.4) is 0 Å². The SMILES string of the molecule is CNC(=O)[C@H]1Cc2ccccc2N1C(=O)c1cc2ccccc2o1. The van der Waals surface area contributed by atoms with Gasteiger partial charge in [0, 0.05) is 24.5 Å². The van der Waals surface area contributed by atoms with Crippen LogP contribution in [0.2, 0.25) is 0 Å². The molecule has 1 atom stereocenters. The molecule has 0 spiro atoms. The Hall–Kier alpha value is -3.08. The van der Waals surface area contributed by atoms with E-state index in [4.69, 9.17) is 4.42 Å². The van der Waals surface area contributed by atoms with Crippen molar-refractivity contribution in [3.05, 3.63) is 65.9 Å². The van der Waals surface area contributed by atoms with Crippen LogP contribution in [0.15, 0.2) is 59.0 Å². The van der Waals surface area contributed by atoms with E-state index in [-0.39, 0.29) is 17.6 Å². The van der Waals surface area contributed by atoms with Crippen molar-refractivity contribution in [1.82, 2.24) is 5.32 Å². The quantitative estimate of drug-likeness (QED) is 0.790. The highest BCUT2D eigenvalue weighted by atomic mass is 16.3. The molecule has 0 radical (unpaired) electrons. The molecule has 0 saturated heterocycles. The molecule has 120 valence electrons. The van der Waals surface area contributed by atoms with E-state index in [9.17, 15) is 9.59 Å². The lowest BCUT2D eigenvalue weighted by Crippen LogP contribution is -2.47. The molecule has 4 rings (SSSR count). The molecule has 0 saturated carbocycles. The summed E-state index contributed by atoms with van der Waals surface area (Å²) in [6, 6.07) is 16.2. The first-order valence-electron chi connectivity index (χ1n) is 7.80. The minimum Gasteiger partial charge on any atom is -0.451 e. The number of likely N-dealkylation sites (N-methyl/N-ethyl adjacent to an activating group) is 1. The van der Waals surface area contributed by atoms with Crippen LogP contribution in [0.5, 0.6) is 0 Å². The van der Waals surface area contributed by atoms with E-state index >= 15 is 0 Å². The van der Waals surface area contributed by atoms with Gasteiger partial charge in [-0.25, -0.2) is 0 Å². The van der Waals surface area contributed by atoms with Crippen molar-refractivity contribution in [2.24, 2.45) is 0 Å². The van der Waals surface area contributed by atoms with Crippen molar-refractivity contribution in [2.75, 3.05) is 11.9 Å². The average molecular weight is 320 g/mol. The number of para-hydroxylation sites is 2. The van der Waals surface area contributed by atoms with Gasteiger partial charge in [0.05, 0.1) is 0 Å². The molecule has 0 aliphatic carbocycles. The molecule has 1 N–H and O–H groups in total. The summed E-state index contributed by atoms with van der Waals surface area (Å²) < 4.78 is 5.70. The lowest BCUT2D eigenvalue weighted by Gasteiger charge is -2.23. The molecule has 2 amide bonds. The highest BCUT2D eigenvalue weighted by Crippen LogP contribution is 2.34. The molecular formula is C19H16N2O3. The predicted molar refractivity (Wildman–Crippen MR) is 91.0 cm³/mol. The molecule has 2 aromatic carbocycles. The molecule has 5 nitrogen and oxygen atoms in total. The van der Waals surface area contributed by atoms with Crippen LogP contribution in [0, 0.1) is 0 Å². The molecule has 2 heterocycles. The zero-order valence-electron chi connectivity index (χ0n) is 13.2. The lowest BCUT2D eigenvalue weighted by molar-refractivity contribution is -0.121. The van der Waals surface area contributed by atoms with Crippen LogP contribution >= 0.6 is 0 Å². The summed E-state index contributed by atoms with van der Waals surface area (Å²) in [7, 11) is 1.58. The summed E-state index contributed by atoms with van der Waals surface area (Å²) >= 11 is 0. The highest BCUT2D eigenvalue weighted by molar-refractivity contribution is 6.11. The van der Waals surface area contributed by atoms with E-state index < -0.39 is 6.04 Å². The molecule has 0 fully saturated rings. The van der Waals surface area contributed by atoms with E-state index in [1.165, 1.54) is 4.90 Å². The van der Waals surface area contributed by atoms with Crippen LogP contribution in [0.25, 0.3) is 11.0 Å². The van der Waals surface area contributed by atoms with E-state index in [1.54, 1.807) is 13.1 Å². The number of nitrogens with zero attached hydrogens (tertiary/aromatic N) is 1. The molecule has 3 aromatic rings.